The number of nitrogens with one attached hydrogen (secondary N) is 1. The molecule has 1 N–H and O–H groups in total. The molecule has 1 amide bonds. The van der Waals surface area contributed by atoms with E-state index in [1.807, 2.05) is 0 Å². The summed E-state index contributed by atoms with van der Waals surface area (Å²) in [6.07, 6.45) is -3.07. The maximum Gasteiger partial charge on any atom is 0.315 e. The number of rotatable bonds is 6. The highest BCUT2D eigenvalue weighted by Crippen LogP contribution is 2.08. The van der Waals surface area contributed by atoms with Gasteiger partial charge in [-0.3, -0.25) is 9.59 Å². The Morgan fingerprint density at radius 3 is 2.20 bits per heavy atom. The van der Waals surface area contributed by atoms with Crippen LogP contribution in [0.1, 0.15) is 20.3 Å². The van der Waals surface area contributed by atoms with Crippen molar-refractivity contribution >= 4 is 23.3 Å². The minimum atomic E-state index is -3.06. The molecule has 1 atom stereocenters. The topological polar surface area (TPSA) is 46.2 Å². The van der Waals surface area contributed by atoms with Crippen LogP contribution in [0.3, 0.4) is 0 Å². The quantitative estimate of drug-likeness (QED) is 0.718. The van der Waals surface area contributed by atoms with Crippen LogP contribution in [0.5, 0.6) is 0 Å². The maximum absolute atomic E-state index is 11.9. The molecule has 0 aliphatic carbocycles. The lowest BCUT2D eigenvalue weighted by Gasteiger charge is -2.21. The van der Waals surface area contributed by atoms with E-state index in [-0.39, 0.29) is 24.0 Å². The highest BCUT2D eigenvalue weighted by atomic mass is 35.5. The number of halogens is 3. The van der Waals surface area contributed by atoms with Gasteiger partial charge in [0.15, 0.2) is 0 Å². The lowest BCUT2D eigenvalue weighted by molar-refractivity contribution is -0.133. The second kappa shape index (κ2) is 6.71. The normalized spacial score (nSPS) is 13.0. The lowest BCUT2D eigenvalue weighted by Crippen LogP contribution is -2.43. The SMILES string of the molecule is CC(C)C(CC(=O)CCl)NC(=O)C(F)F. The predicted octanol–water partition coefficient (Wildman–Crippen LogP) is 1.59. The summed E-state index contributed by atoms with van der Waals surface area (Å²) in [5, 5.41) is 2.11. The van der Waals surface area contributed by atoms with Crippen molar-refractivity contribution in [2.24, 2.45) is 5.92 Å². The van der Waals surface area contributed by atoms with E-state index in [2.05, 4.69) is 5.32 Å². The van der Waals surface area contributed by atoms with Gasteiger partial charge in [0.25, 0.3) is 5.91 Å². The van der Waals surface area contributed by atoms with E-state index >= 15 is 0 Å². The average molecular weight is 242 g/mol. The zero-order valence-electron chi connectivity index (χ0n) is 8.60. The summed E-state index contributed by atoms with van der Waals surface area (Å²) >= 11 is 5.29. The van der Waals surface area contributed by atoms with Crippen LogP contribution in [0.25, 0.3) is 0 Å². The van der Waals surface area contributed by atoms with E-state index in [9.17, 15) is 18.4 Å². The fourth-order valence-corrected chi connectivity index (χ4v) is 1.11. The predicted molar refractivity (Wildman–Crippen MR) is 53.1 cm³/mol. The van der Waals surface area contributed by atoms with Gasteiger partial charge >= 0.3 is 6.43 Å². The van der Waals surface area contributed by atoms with E-state index in [0.717, 1.165) is 0 Å². The molecule has 0 saturated carbocycles. The van der Waals surface area contributed by atoms with Crippen molar-refractivity contribution in [1.82, 2.24) is 5.32 Å². The molecule has 1 unspecified atom stereocenters. The number of carbonyl (C=O) groups excluding carboxylic acids is 2. The van der Waals surface area contributed by atoms with E-state index in [0.29, 0.717) is 0 Å². The highest BCUT2D eigenvalue weighted by molar-refractivity contribution is 6.27. The van der Waals surface area contributed by atoms with Gasteiger partial charge in [-0.2, -0.15) is 8.78 Å². The van der Waals surface area contributed by atoms with Gasteiger partial charge in [0, 0.05) is 12.5 Å². The molecule has 0 bridgehead atoms. The Bertz CT molecular complexity index is 234. The van der Waals surface area contributed by atoms with Gasteiger partial charge in [0.05, 0.1) is 5.88 Å². The number of alkyl halides is 3. The molecule has 0 fully saturated rings. The molecule has 0 spiro atoms. The molecule has 0 aromatic carbocycles. The molecule has 6 heteroatoms. The Kier molecular flexibility index (Phi) is 6.40. The molecular weight excluding hydrogens is 228 g/mol. The van der Waals surface area contributed by atoms with Crippen LogP contribution < -0.4 is 5.32 Å². The van der Waals surface area contributed by atoms with E-state index in [4.69, 9.17) is 11.6 Å². The molecule has 15 heavy (non-hydrogen) atoms. The summed E-state index contributed by atoms with van der Waals surface area (Å²) in [6, 6.07) is -0.585. The third-order valence-electron chi connectivity index (χ3n) is 1.93. The number of carbonyl (C=O) groups is 2. The van der Waals surface area contributed by atoms with Gasteiger partial charge in [-0.25, -0.2) is 0 Å². The van der Waals surface area contributed by atoms with E-state index < -0.39 is 18.4 Å². The zero-order valence-corrected chi connectivity index (χ0v) is 9.35. The van der Waals surface area contributed by atoms with Crippen LogP contribution in [0, 0.1) is 5.92 Å². The van der Waals surface area contributed by atoms with Crippen LogP contribution in [-0.2, 0) is 9.59 Å². The molecule has 88 valence electrons. The first-order chi connectivity index (χ1) is 6.88. The van der Waals surface area contributed by atoms with Gasteiger partial charge < -0.3 is 5.32 Å². The van der Waals surface area contributed by atoms with Gasteiger partial charge in [0.1, 0.15) is 5.78 Å². The van der Waals surface area contributed by atoms with E-state index in [1.165, 1.54) is 0 Å². The van der Waals surface area contributed by atoms with Gasteiger partial charge in [-0.05, 0) is 5.92 Å². The minimum absolute atomic E-state index is 0.0143. The molecule has 0 heterocycles. The van der Waals surface area contributed by atoms with Gasteiger partial charge in [0.2, 0.25) is 0 Å². The van der Waals surface area contributed by atoms with E-state index in [1.54, 1.807) is 13.8 Å². The second-order valence-corrected chi connectivity index (χ2v) is 3.80. The van der Waals surface area contributed by atoms with Crippen LogP contribution in [-0.4, -0.2) is 30.0 Å². The number of hydrogen-bond acceptors (Lipinski definition) is 2. The first-order valence-corrected chi connectivity index (χ1v) is 5.08. The Balaban J connectivity index is 4.28. The highest BCUT2D eigenvalue weighted by Gasteiger charge is 2.23. The first kappa shape index (κ1) is 14.3. The molecule has 3 nitrogen and oxygen atoms in total. The smallest absolute Gasteiger partial charge is 0.315 e. The molecular formula is C9H14ClF2NO2. The Morgan fingerprint density at radius 1 is 1.33 bits per heavy atom. The molecule has 0 aromatic heterocycles. The number of hydrogen-bond donors (Lipinski definition) is 1. The van der Waals surface area contributed by atoms with Crippen molar-refractivity contribution in [3.63, 3.8) is 0 Å². The van der Waals surface area contributed by atoms with Crippen molar-refractivity contribution < 1.29 is 18.4 Å². The van der Waals surface area contributed by atoms with Crippen LogP contribution in [0.4, 0.5) is 8.78 Å². The van der Waals surface area contributed by atoms with Gasteiger partial charge in [-0.1, -0.05) is 13.8 Å². The van der Waals surface area contributed by atoms with Crippen LogP contribution in [0.15, 0.2) is 0 Å². The fraction of sp³-hybridized carbons (Fsp3) is 0.778. The maximum atomic E-state index is 11.9. The third-order valence-corrected chi connectivity index (χ3v) is 2.23. The molecule has 0 aromatic rings. The van der Waals surface area contributed by atoms with Crippen LogP contribution >= 0.6 is 11.6 Å². The fourth-order valence-electron chi connectivity index (χ4n) is 0.999. The van der Waals surface area contributed by atoms with Crippen molar-refractivity contribution in [2.45, 2.75) is 32.7 Å². The Hall–Kier alpha value is -0.710. The van der Waals surface area contributed by atoms with Crippen molar-refractivity contribution in [1.29, 1.82) is 0 Å². The first-order valence-electron chi connectivity index (χ1n) is 4.54. The average Bonchev–Trinajstić information content (AvgIpc) is 2.15. The molecule has 0 aliphatic rings. The summed E-state index contributed by atoms with van der Waals surface area (Å²) in [7, 11) is 0. The summed E-state index contributed by atoms with van der Waals surface area (Å²) < 4.78 is 23.9. The largest absolute Gasteiger partial charge is 0.348 e. The number of amides is 1. The van der Waals surface area contributed by atoms with Crippen molar-refractivity contribution in [2.75, 3.05) is 5.88 Å². The molecule has 0 rings (SSSR count). The summed E-state index contributed by atoms with van der Waals surface area (Å²) in [6.45, 7) is 3.47. The summed E-state index contributed by atoms with van der Waals surface area (Å²) in [5.41, 5.74) is 0. The van der Waals surface area contributed by atoms with Gasteiger partial charge in [-0.15, -0.1) is 11.6 Å². The van der Waals surface area contributed by atoms with Crippen molar-refractivity contribution in [3.8, 4) is 0 Å². The lowest BCUT2D eigenvalue weighted by atomic mass is 9.99. The van der Waals surface area contributed by atoms with Crippen LogP contribution in [0.2, 0.25) is 0 Å². The number of ketones is 1. The number of Topliss-reactive ketones (excluding diaryl/α,β-unsaturated/α-hetero) is 1. The summed E-state index contributed by atoms with van der Waals surface area (Å²) in [4.78, 5) is 21.7. The molecule has 0 saturated heterocycles. The summed E-state index contributed by atoms with van der Waals surface area (Å²) in [5.74, 6) is -1.89. The van der Waals surface area contributed by atoms with Crippen molar-refractivity contribution in [3.05, 3.63) is 0 Å². The standard InChI is InChI=1S/C9H14ClF2NO2/c1-5(2)7(3-6(14)4-10)13-9(15)8(11)12/h5,7-8H,3-4H2,1-2H3,(H,13,15). The Labute approximate surface area is 92.2 Å². The zero-order chi connectivity index (χ0) is 12.0. The second-order valence-electron chi connectivity index (χ2n) is 3.54. The molecule has 0 aliphatic heterocycles. The minimum Gasteiger partial charge on any atom is -0.348 e. The Morgan fingerprint density at radius 2 is 1.87 bits per heavy atom. The third kappa shape index (κ3) is 5.67. The molecule has 0 radical (unpaired) electrons. The monoisotopic (exact) mass is 241 g/mol.